The molecule has 0 amide bonds. The molecule has 0 spiro atoms. The SMILES string of the molecule is CC1CN(c2c(Cl)cc(Cl)c3nsnc23)CCN1. The van der Waals surface area contributed by atoms with Gasteiger partial charge in [-0.15, -0.1) is 0 Å². The fourth-order valence-corrected chi connectivity index (χ4v) is 3.52. The number of fused-ring (bicyclic) bond motifs is 1. The first-order valence-corrected chi connectivity index (χ1v) is 7.24. The maximum atomic E-state index is 6.34. The van der Waals surface area contributed by atoms with Gasteiger partial charge in [0.2, 0.25) is 0 Å². The third-order valence-electron chi connectivity index (χ3n) is 3.10. The zero-order valence-electron chi connectivity index (χ0n) is 9.78. The largest absolute Gasteiger partial charge is 0.366 e. The number of hydrogen-bond donors (Lipinski definition) is 1. The number of hydrogen-bond acceptors (Lipinski definition) is 5. The van der Waals surface area contributed by atoms with Crippen LogP contribution in [0, 0.1) is 0 Å². The van der Waals surface area contributed by atoms with Gasteiger partial charge in [-0.2, -0.15) is 8.75 Å². The molecule has 1 fully saturated rings. The van der Waals surface area contributed by atoms with E-state index in [1.165, 1.54) is 11.7 Å². The predicted octanol–water partition coefficient (Wildman–Crippen LogP) is 2.80. The van der Waals surface area contributed by atoms with Crippen molar-refractivity contribution in [3.63, 3.8) is 0 Å². The highest BCUT2D eigenvalue weighted by Crippen LogP contribution is 2.37. The molecular formula is C11H12Cl2N4S. The Bertz CT molecular complexity index is 586. The van der Waals surface area contributed by atoms with Crippen LogP contribution in [0.1, 0.15) is 6.92 Å². The summed E-state index contributed by atoms with van der Waals surface area (Å²) in [6.45, 7) is 4.93. The highest BCUT2D eigenvalue weighted by molar-refractivity contribution is 7.00. The maximum absolute atomic E-state index is 6.34. The standard InChI is InChI=1S/C11H12Cl2N4S/c1-6-5-17(3-2-14-6)11-8(13)4-7(12)9-10(11)16-18-15-9/h4,6,14H,2-3,5H2,1H3. The molecule has 2 heterocycles. The highest BCUT2D eigenvalue weighted by Gasteiger charge is 2.23. The second-order valence-corrected chi connectivity index (χ2v) is 5.79. The van der Waals surface area contributed by atoms with E-state index in [9.17, 15) is 0 Å². The lowest BCUT2D eigenvalue weighted by Gasteiger charge is -2.34. The summed E-state index contributed by atoms with van der Waals surface area (Å²) in [4.78, 5) is 2.25. The number of halogens is 2. The van der Waals surface area contributed by atoms with Crippen molar-refractivity contribution in [3.8, 4) is 0 Å². The van der Waals surface area contributed by atoms with E-state index < -0.39 is 0 Å². The number of rotatable bonds is 1. The number of nitrogens with zero attached hydrogens (tertiary/aromatic N) is 3. The summed E-state index contributed by atoms with van der Waals surface area (Å²) < 4.78 is 8.57. The van der Waals surface area contributed by atoms with Crippen LogP contribution < -0.4 is 10.2 Å². The number of anilines is 1. The molecule has 0 aliphatic carbocycles. The van der Waals surface area contributed by atoms with E-state index >= 15 is 0 Å². The number of aromatic nitrogens is 2. The number of nitrogens with one attached hydrogen (secondary N) is 1. The Morgan fingerprint density at radius 1 is 1.33 bits per heavy atom. The molecule has 7 heteroatoms. The van der Waals surface area contributed by atoms with Crippen molar-refractivity contribution < 1.29 is 0 Å². The molecule has 1 aliphatic heterocycles. The molecule has 1 N–H and O–H groups in total. The Kier molecular flexibility index (Phi) is 3.32. The summed E-state index contributed by atoms with van der Waals surface area (Å²) in [6.07, 6.45) is 0. The van der Waals surface area contributed by atoms with Gasteiger partial charge in [0.15, 0.2) is 0 Å². The first kappa shape index (κ1) is 12.4. The zero-order valence-corrected chi connectivity index (χ0v) is 12.1. The average molecular weight is 303 g/mol. The normalized spacial score (nSPS) is 20.6. The molecule has 96 valence electrons. The Labute approximate surface area is 119 Å². The minimum absolute atomic E-state index is 0.437. The molecule has 1 aromatic heterocycles. The molecule has 1 unspecified atom stereocenters. The van der Waals surface area contributed by atoms with Gasteiger partial charge in [0.05, 0.1) is 27.5 Å². The minimum Gasteiger partial charge on any atom is -0.366 e. The van der Waals surface area contributed by atoms with Crippen LogP contribution in [0.3, 0.4) is 0 Å². The molecule has 1 atom stereocenters. The Morgan fingerprint density at radius 3 is 2.89 bits per heavy atom. The summed E-state index contributed by atoms with van der Waals surface area (Å²) in [5, 5.41) is 4.62. The van der Waals surface area contributed by atoms with Crippen LogP contribution in [0.15, 0.2) is 6.07 Å². The number of benzene rings is 1. The highest BCUT2D eigenvalue weighted by atomic mass is 35.5. The van der Waals surface area contributed by atoms with Crippen molar-refractivity contribution in [1.29, 1.82) is 0 Å². The lowest BCUT2D eigenvalue weighted by atomic mass is 10.2. The van der Waals surface area contributed by atoms with E-state index in [0.717, 1.165) is 36.4 Å². The zero-order chi connectivity index (χ0) is 12.7. The van der Waals surface area contributed by atoms with Crippen molar-refractivity contribution in [3.05, 3.63) is 16.1 Å². The third kappa shape index (κ3) is 2.05. The second-order valence-electron chi connectivity index (χ2n) is 4.45. The van der Waals surface area contributed by atoms with Crippen LogP contribution in [0.25, 0.3) is 11.0 Å². The summed E-state index contributed by atoms with van der Waals surface area (Å²) >= 11 is 13.6. The van der Waals surface area contributed by atoms with Gasteiger partial charge in [-0.25, -0.2) is 0 Å². The Balaban J connectivity index is 2.13. The lowest BCUT2D eigenvalue weighted by Crippen LogP contribution is -2.49. The molecule has 2 aromatic rings. The van der Waals surface area contributed by atoms with E-state index in [1.807, 2.05) is 0 Å². The summed E-state index contributed by atoms with van der Waals surface area (Å²) in [5.74, 6) is 0. The van der Waals surface area contributed by atoms with Crippen molar-refractivity contribution in [2.75, 3.05) is 24.5 Å². The van der Waals surface area contributed by atoms with Gasteiger partial charge >= 0.3 is 0 Å². The van der Waals surface area contributed by atoms with Crippen molar-refractivity contribution in [2.45, 2.75) is 13.0 Å². The van der Waals surface area contributed by atoms with Gasteiger partial charge in [0.25, 0.3) is 0 Å². The van der Waals surface area contributed by atoms with Crippen molar-refractivity contribution >= 4 is 51.7 Å². The van der Waals surface area contributed by atoms with Crippen LogP contribution in [-0.2, 0) is 0 Å². The predicted molar refractivity (Wildman–Crippen MR) is 77.1 cm³/mol. The summed E-state index contributed by atoms with van der Waals surface area (Å²) in [7, 11) is 0. The van der Waals surface area contributed by atoms with Crippen molar-refractivity contribution in [2.24, 2.45) is 0 Å². The van der Waals surface area contributed by atoms with Crippen LogP contribution in [0.4, 0.5) is 5.69 Å². The fourth-order valence-electron chi connectivity index (χ4n) is 2.30. The number of piperazine rings is 1. The van der Waals surface area contributed by atoms with Gasteiger partial charge in [-0.3, -0.25) is 0 Å². The molecule has 1 aliphatic rings. The first-order valence-electron chi connectivity index (χ1n) is 5.75. The minimum atomic E-state index is 0.437. The average Bonchev–Trinajstić information content (AvgIpc) is 2.78. The topological polar surface area (TPSA) is 41.1 Å². The summed E-state index contributed by atoms with van der Waals surface area (Å²) in [5.41, 5.74) is 2.51. The van der Waals surface area contributed by atoms with Gasteiger partial charge < -0.3 is 10.2 Å². The molecule has 1 saturated heterocycles. The van der Waals surface area contributed by atoms with Crippen LogP contribution >= 0.6 is 34.9 Å². The van der Waals surface area contributed by atoms with Crippen LogP contribution in [0.5, 0.6) is 0 Å². The molecular weight excluding hydrogens is 291 g/mol. The van der Waals surface area contributed by atoms with Gasteiger partial charge in [0, 0.05) is 25.7 Å². The monoisotopic (exact) mass is 302 g/mol. The molecule has 4 nitrogen and oxygen atoms in total. The van der Waals surface area contributed by atoms with Crippen LogP contribution in [0.2, 0.25) is 10.0 Å². The molecule has 1 aromatic carbocycles. The van der Waals surface area contributed by atoms with Gasteiger partial charge in [-0.1, -0.05) is 23.2 Å². The van der Waals surface area contributed by atoms with E-state index in [-0.39, 0.29) is 0 Å². The van der Waals surface area contributed by atoms with E-state index in [1.54, 1.807) is 6.07 Å². The van der Waals surface area contributed by atoms with E-state index in [4.69, 9.17) is 23.2 Å². The Morgan fingerprint density at radius 2 is 2.11 bits per heavy atom. The quantitative estimate of drug-likeness (QED) is 0.879. The molecule has 0 bridgehead atoms. The first-order chi connectivity index (χ1) is 8.66. The molecule has 18 heavy (non-hydrogen) atoms. The van der Waals surface area contributed by atoms with E-state index in [2.05, 4.69) is 25.9 Å². The third-order valence-corrected chi connectivity index (χ3v) is 4.21. The van der Waals surface area contributed by atoms with E-state index in [0.29, 0.717) is 16.1 Å². The smallest absolute Gasteiger partial charge is 0.131 e. The maximum Gasteiger partial charge on any atom is 0.131 e. The fraction of sp³-hybridized carbons (Fsp3) is 0.455. The molecule has 3 rings (SSSR count). The van der Waals surface area contributed by atoms with Crippen LogP contribution in [-0.4, -0.2) is 34.4 Å². The molecule has 0 radical (unpaired) electrons. The lowest BCUT2D eigenvalue weighted by molar-refractivity contribution is 0.485. The van der Waals surface area contributed by atoms with Gasteiger partial charge in [-0.05, 0) is 13.0 Å². The Hall–Kier alpha value is -0.620. The second kappa shape index (κ2) is 4.81. The van der Waals surface area contributed by atoms with Crippen molar-refractivity contribution in [1.82, 2.24) is 14.1 Å². The summed E-state index contributed by atoms with van der Waals surface area (Å²) in [6, 6.07) is 2.20. The molecule has 0 saturated carbocycles. The van der Waals surface area contributed by atoms with Gasteiger partial charge in [0.1, 0.15) is 11.0 Å².